The molecule has 4 nitrogen and oxygen atoms in total. The van der Waals surface area contributed by atoms with Gasteiger partial charge in [-0.1, -0.05) is 0 Å². The molecule has 0 fully saturated rings. The zero-order valence-corrected chi connectivity index (χ0v) is 8.30. The summed E-state index contributed by atoms with van der Waals surface area (Å²) in [7, 11) is 1.41. The topological polar surface area (TPSA) is 55.0 Å². The van der Waals surface area contributed by atoms with Crippen molar-refractivity contribution in [3.8, 4) is 5.75 Å². The van der Waals surface area contributed by atoms with Crippen molar-refractivity contribution in [1.82, 2.24) is 9.97 Å². The fraction of sp³-hybridized carbons (Fsp3) is 0.200. The van der Waals surface area contributed by atoms with Gasteiger partial charge in [0.25, 0.3) is 5.56 Å². The zero-order chi connectivity index (χ0) is 11.0. The molecule has 0 saturated heterocycles. The molecule has 1 aromatic carbocycles. The fourth-order valence-electron chi connectivity index (χ4n) is 1.45. The molecule has 0 spiro atoms. The average molecular weight is 208 g/mol. The van der Waals surface area contributed by atoms with Gasteiger partial charge in [0, 0.05) is 6.07 Å². The van der Waals surface area contributed by atoms with Gasteiger partial charge in [0.2, 0.25) is 0 Å². The lowest BCUT2D eigenvalue weighted by molar-refractivity contribution is 0.415. The highest BCUT2D eigenvalue weighted by Crippen LogP contribution is 2.22. The summed E-state index contributed by atoms with van der Waals surface area (Å²) >= 11 is 0. The monoisotopic (exact) mass is 208 g/mol. The highest BCUT2D eigenvalue weighted by atomic mass is 19.1. The van der Waals surface area contributed by atoms with Gasteiger partial charge in [-0.2, -0.15) is 0 Å². The van der Waals surface area contributed by atoms with E-state index < -0.39 is 5.82 Å². The zero-order valence-electron chi connectivity index (χ0n) is 8.30. The number of aromatic amines is 1. The summed E-state index contributed by atoms with van der Waals surface area (Å²) in [4.78, 5) is 18.1. The normalized spacial score (nSPS) is 10.6. The van der Waals surface area contributed by atoms with Crippen molar-refractivity contribution in [2.24, 2.45) is 0 Å². The van der Waals surface area contributed by atoms with E-state index >= 15 is 0 Å². The van der Waals surface area contributed by atoms with Crippen LogP contribution in [0.3, 0.4) is 0 Å². The fourth-order valence-corrected chi connectivity index (χ4v) is 1.45. The lowest BCUT2D eigenvalue weighted by Gasteiger charge is -2.04. The maximum atomic E-state index is 13.1. The SMILES string of the molecule is COc1cc(F)cc2c(=O)[nH]c(C)nc12. The molecule has 1 N–H and O–H groups in total. The van der Waals surface area contributed by atoms with E-state index in [0.29, 0.717) is 11.3 Å². The van der Waals surface area contributed by atoms with Gasteiger partial charge in [0.1, 0.15) is 22.9 Å². The van der Waals surface area contributed by atoms with Crippen LogP contribution < -0.4 is 10.3 Å². The molecular weight excluding hydrogens is 199 g/mol. The predicted octanol–water partition coefficient (Wildman–Crippen LogP) is 1.38. The van der Waals surface area contributed by atoms with Gasteiger partial charge in [-0.15, -0.1) is 0 Å². The largest absolute Gasteiger partial charge is 0.494 e. The van der Waals surface area contributed by atoms with Crippen LogP contribution in [0.25, 0.3) is 10.9 Å². The number of ether oxygens (including phenoxy) is 1. The van der Waals surface area contributed by atoms with Crippen LogP contribution in [0.15, 0.2) is 16.9 Å². The van der Waals surface area contributed by atoms with E-state index in [4.69, 9.17) is 4.74 Å². The van der Waals surface area contributed by atoms with Crippen molar-refractivity contribution in [2.45, 2.75) is 6.92 Å². The summed E-state index contributed by atoms with van der Waals surface area (Å²) < 4.78 is 18.1. The third kappa shape index (κ3) is 1.56. The first-order chi connectivity index (χ1) is 7.11. The Bertz CT molecular complexity index is 577. The van der Waals surface area contributed by atoms with Gasteiger partial charge in [0.05, 0.1) is 12.5 Å². The number of rotatable bonds is 1. The highest BCUT2D eigenvalue weighted by Gasteiger charge is 2.09. The van der Waals surface area contributed by atoms with E-state index in [9.17, 15) is 9.18 Å². The van der Waals surface area contributed by atoms with Crippen LogP contribution in [0.5, 0.6) is 5.75 Å². The first-order valence-electron chi connectivity index (χ1n) is 4.36. The van der Waals surface area contributed by atoms with E-state index in [2.05, 4.69) is 9.97 Å². The number of methoxy groups -OCH3 is 1. The maximum absolute atomic E-state index is 13.1. The van der Waals surface area contributed by atoms with Gasteiger partial charge in [-0.3, -0.25) is 4.79 Å². The van der Waals surface area contributed by atoms with Gasteiger partial charge < -0.3 is 9.72 Å². The highest BCUT2D eigenvalue weighted by molar-refractivity contribution is 5.83. The summed E-state index contributed by atoms with van der Waals surface area (Å²) in [5.41, 5.74) is 0.00968. The molecule has 2 aromatic rings. The number of aryl methyl sites for hydroxylation is 1. The van der Waals surface area contributed by atoms with E-state index in [-0.39, 0.29) is 16.7 Å². The van der Waals surface area contributed by atoms with Crippen molar-refractivity contribution in [3.05, 3.63) is 34.1 Å². The van der Waals surface area contributed by atoms with Gasteiger partial charge in [-0.25, -0.2) is 9.37 Å². The maximum Gasteiger partial charge on any atom is 0.259 e. The molecule has 5 heteroatoms. The number of aromatic nitrogens is 2. The standard InChI is InChI=1S/C10H9FN2O2/c1-5-12-9-7(10(14)13-5)3-6(11)4-8(9)15-2/h3-4H,1-2H3,(H,12,13,14). The van der Waals surface area contributed by atoms with Crippen LogP contribution in [0.4, 0.5) is 4.39 Å². The lowest BCUT2D eigenvalue weighted by Crippen LogP contribution is -2.10. The van der Waals surface area contributed by atoms with Gasteiger partial charge >= 0.3 is 0 Å². The Hall–Kier alpha value is -1.91. The van der Waals surface area contributed by atoms with E-state index in [1.54, 1.807) is 6.92 Å². The number of nitrogens with zero attached hydrogens (tertiary/aromatic N) is 1. The molecule has 0 radical (unpaired) electrons. The molecule has 0 amide bonds. The Morgan fingerprint density at radius 1 is 1.47 bits per heavy atom. The average Bonchev–Trinajstić information content (AvgIpc) is 2.18. The third-order valence-electron chi connectivity index (χ3n) is 2.08. The number of nitrogens with one attached hydrogen (secondary N) is 1. The molecule has 78 valence electrons. The molecule has 1 heterocycles. The Labute approximate surface area is 84.7 Å². The molecule has 15 heavy (non-hydrogen) atoms. The van der Waals surface area contributed by atoms with E-state index in [1.807, 2.05) is 0 Å². The van der Waals surface area contributed by atoms with E-state index in [0.717, 1.165) is 6.07 Å². The minimum absolute atomic E-state index is 0.192. The Morgan fingerprint density at radius 3 is 2.87 bits per heavy atom. The van der Waals surface area contributed by atoms with E-state index in [1.165, 1.54) is 13.2 Å². The lowest BCUT2D eigenvalue weighted by atomic mass is 10.2. The van der Waals surface area contributed by atoms with Gasteiger partial charge in [0.15, 0.2) is 0 Å². The van der Waals surface area contributed by atoms with Crippen molar-refractivity contribution in [2.75, 3.05) is 7.11 Å². The Balaban J connectivity index is 2.96. The summed E-state index contributed by atoms with van der Waals surface area (Å²) in [6, 6.07) is 2.34. The first-order valence-corrected chi connectivity index (χ1v) is 4.36. The molecule has 0 bridgehead atoms. The minimum atomic E-state index is -0.518. The molecule has 0 aliphatic rings. The summed E-state index contributed by atoms with van der Waals surface area (Å²) in [6.45, 7) is 1.66. The minimum Gasteiger partial charge on any atom is -0.494 e. The smallest absolute Gasteiger partial charge is 0.259 e. The van der Waals surface area contributed by atoms with Crippen LogP contribution >= 0.6 is 0 Å². The number of benzene rings is 1. The van der Waals surface area contributed by atoms with Crippen LogP contribution in [-0.4, -0.2) is 17.1 Å². The number of hydrogen-bond donors (Lipinski definition) is 1. The Kier molecular flexibility index (Phi) is 2.15. The second-order valence-corrected chi connectivity index (χ2v) is 3.16. The summed E-state index contributed by atoms with van der Waals surface area (Å²) in [5.74, 6) is 0.215. The molecular formula is C10H9FN2O2. The van der Waals surface area contributed by atoms with Crippen molar-refractivity contribution < 1.29 is 9.13 Å². The molecule has 1 aromatic heterocycles. The van der Waals surface area contributed by atoms with Gasteiger partial charge in [-0.05, 0) is 13.0 Å². The summed E-state index contributed by atoms with van der Waals surface area (Å²) in [6.07, 6.45) is 0. The molecule has 0 aliphatic carbocycles. The quantitative estimate of drug-likeness (QED) is 0.770. The molecule has 0 atom stereocenters. The van der Waals surface area contributed by atoms with Crippen molar-refractivity contribution >= 4 is 10.9 Å². The van der Waals surface area contributed by atoms with Crippen molar-refractivity contribution in [1.29, 1.82) is 0 Å². The number of fused-ring (bicyclic) bond motifs is 1. The molecule has 2 rings (SSSR count). The first kappa shape index (κ1) is 9.64. The second-order valence-electron chi connectivity index (χ2n) is 3.16. The number of halogens is 1. The van der Waals surface area contributed by atoms with Crippen LogP contribution in [0, 0.1) is 12.7 Å². The number of hydrogen-bond acceptors (Lipinski definition) is 3. The van der Waals surface area contributed by atoms with Crippen molar-refractivity contribution in [3.63, 3.8) is 0 Å². The third-order valence-corrected chi connectivity index (χ3v) is 2.08. The number of H-pyrrole nitrogens is 1. The molecule has 0 unspecified atom stereocenters. The van der Waals surface area contributed by atoms with Crippen LogP contribution in [0.1, 0.15) is 5.82 Å². The van der Waals surface area contributed by atoms with Crippen LogP contribution in [0.2, 0.25) is 0 Å². The predicted molar refractivity (Wildman–Crippen MR) is 53.6 cm³/mol. The summed E-state index contributed by atoms with van der Waals surface area (Å²) in [5, 5.41) is 0.192. The Morgan fingerprint density at radius 2 is 2.20 bits per heavy atom. The second kappa shape index (κ2) is 3.34. The molecule has 0 saturated carbocycles. The molecule has 0 aliphatic heterocycles. The van der Waals surface area contributed by atoms with Crippen LogP contribution in [-0.2, 0) is 0 Å².